The van der Waals surface area contributed by atoms with Crippen LogP contribution in [0.15, 0.2) is 11.0 Å². The number of rotatable bonds is 7. The largest absolute Gasteiger partial charge is 0.479 e. The predicted octanol–water partition coefficient (Wildman–Crippen LogP) is 0.788. The molecule has 2 fully saturated rings. The first-order valence-electron chi connectivity index (χ1n) is 10.1. The molecule has 10 heteroatoms. The van der Waals surface area contributed by atoms with Crippen LogP contribution in [0.1, 0.15) is 53.8 Å². The first-order chi connectivity index (χ1) is 14.0. The summed E-state index contributed by atoms with van der Waals surface area (Å²) in [5.41, 5.74) is 0.387. The average Bonchev–Trinajstić information content (AvgIpc) is 3.41. The van der Waals surface area contributed by atoms with Crippen LogP contribution >= 0.6 is 0 Å². The normalized spacial score (nSPS) is 19.6. The lowest BCUT2D eigenvalue weighted by molar-refractivity contribution is 0.0699. The molecule has 1 aliphatic carbocycles. The van der Waals surface area contributed by atoms with E-state index in [0.717, 1.165) is 31.5 Å². The summed E-state index contributed by atoms with van der Waals surface area (Å²) in [5.74, 6) is 1.06. The van der Waals surface area contributed by atoms with Crippen LogP contribution in [0.4, 0.5) is 0 Å². The van der Waals surface area contributed by atoms with Gasteiger partial charge in [-0.25, -0.2) is 9.48 Å². The van der Waals surface area contributed by atoms with E-state index in [4.69, 9.17) is 9.47 Å². The molecule has 0 radical (unpaired) electrons. The van der Waals surface area contributed by atoms with Gasteiger partial charge in [-0.15, -0.1) is 5.10 Å². The van der Waals surface area contributed by atoms with Gasteiger partial charge in [-0.2, -0.15) is 5.10 Å². The lowest BCUT2D eigenvalue weighted by Crippen LogP contribution is -2.40. The summed E-state index contributed by atoms with van der Waals surface area (Å²) in [6.45, 7) is 2.08. The van der Waals surface area contributed by atoms with Crippen molar-refractivity contribution in [2.45, 2.75) is 44.2 Å². The zero-order chi connectivity index (χ0) is 20.5. The van der Waals surface area contributed by atoms with Gasteiger partial charge in [0.1, 0.15) is 11.4 Å². The van der Waals surface area contributed by atoms with E-state index in [9.17, 15) is 9.59 Å². The number of nitrogens with zero attached hydrogens (tertiary/aromatic N) is 6. The van der Waals surface area contributed by atoms with Crippen molar-refractivity contribution in [1.82, 2.24) is 29.0 Å². The minimum Gasteiger partial charge on any atom is -0.479 e. The third-order valence-corrected chi connectivity index (χ3v) is 5.61. The van der Waals surface area contributed by atoms with Crippen molar-refractivity contribution in [1.29, 1.82) is 0 Å². The van der Waals surface area contributed by atoms with Gasteiger partial charge >= 0.3 is 5.69 Å². The number of methoxy groups -OCH3 is 2. The maximum Gasteiger partial charge on any atom is 0.346 e. The Morgan fingerprint density at radius 2 is 2.03 bits per heavy atom. The fourth-order valence-electron chi connectivity index (χ4n) is 4.02. The van der Waals surface area contributed by atoms with Crippen molar-refractivity contribution in [3.63, 3.8) is 0 Å². The number of hydrogen-bond donors (Lipinski definition) is 0. The SMILES string of the molecule is COCCn1nc(C2CCCN(C(=O)c3cn(C)nc3OC)C2)n(C2CC2)c1=O. The number of aromatic nitrogens is 5. The van der Waals surface area contributed by atoms with E-state index in [0.29, 0.717) is 37.7 Å². The number of carbonyl (C=O) groups is 1. The lowest BCUT2D eigenvalue weighted by atomic mass is 9.96. The van der Waals surface area contributed by atoms with Gasteiger partial charge in [0.2, 0.25) is 5.88 Å². The summed E-state index contributed by atoms with van der Waals surface area (Å²) >= 11 is 0. The zero-order valence-electron chi connectivity index (χ0n) is 17.2. The number of hydrogen-bond acceptors (Lipinski definition) is 6. The monoisotopic (exact) mass is 404 g/mol. The Morgan fingerprint density at radius 3 is 2.72 bits per heavy atom. The molecule has 1 saturated carbocycles. The molecule has 0 aromatic carbocycles. The maximum atomic E-state index is 13.1. The Labute approximate surface area is 169 Å². The molecule has 0 spiro atoms. The number of amides is 1. The quantitative estimate of drug-likeness (QED) is 0.677. The van der Waals surface area contributed by atoms with Gasteiger partial charge in [-0.1, -0.05) is 0 Å². The molecule has 158 valence electrons. The number of aryl methyl sites for hydroxylation is 1. The highest BCUT2D eigenvalue weighted by atomic mass is 16.5. The first-order valence-corrected chi connectivity index (χ1v) is 10.1. The van der Waals surface area contributed by atoms with Crippen LogP contribution < -0.4 is 10.4 Å². The van der Waals surface area contributed by atoms with Crippen molar-refractivity contribution < 1.29 is 14.3 Å². The highest BCUT2D eigenvalue weighted by molar-refractivity contribution is 5.96. The van der Waals surface area contributed by atoms with Crippen molar-refractivity contribution in [2.75, 3.05) is 33.9 Å². The van der Waals surface area contributed by atoms with Crippen LogP contribution in [0.3, 0.4) is 0 Å². The van der Waals surface area contributed by atoms with E-state index in [-0.39, 0.29) is 23.6 Å². The van der Waals surface area contributed by atoms with Crippen LogP contribution in [0.2, 0.25) is 0 Å². The summed E-state index contributed by atoms with van der Waals surface area (Å²) in [5, 5.41) is 8.83. The first kappa shape index (κ1) is 19.7. The van der Waals surface area contributed by atoms with Gasteiger partial charge in [0.15, 0.2) is 0 Å². The predicted molar refractivity (Wildman–Crippen MR) is 104 cm³/mol. The Balaban J connectivity index is 1.58. The summed E-state index contributed by atoms with van der Waals surface area (Å²) in [6.07, 6.45) is 5.46. The molecule has 1 amide bonds. The summed E-state index contributed by atoms with van der Waals surface area (Å²) in [7, 11) is 4.89. The summed E-state index contributed by atoms with van der Waals surface area (Å²) in [4.78, 5) is 27.8. The van der Waals surface area contributed by atoms with Gasteiger partial charge in [-0.05, 0) is 25.7 Å². The lowest BCUT2D eigenvalue weighted by Gasteiger charge is -2.32. The number of carbonyl (C=O) groups excluding carboxylic acids is 1. The number of piperidine rings is 1. The van der Waals surface area contributed by atoms with Gasteiger partial charge < -0.3 is 14.4 Å². The minimum absolute atomic E-state index is 0.0347. The summed E-state index contributed by atoms with van der Waals surface area (Å²) < 4.78 is 15.3. The molecule has 10 nitrogen and oxygen atoms in total. The van der Waals surface area contributed by atoms with Crippen molar-refractivity contribution in [2.24, 2.45) is 7.05 Å². The molecule has 1 saturated heterocycles. The molecular formula is C19H28N6O4. The van der Waals surface area contributed by atoms with E-state index < -0.39 is 0 Å². The zero-order valence-corrected chi connectivity index (χ0v) is 17.2. The van der Waals surface area contributed by atoms with E-state index in [1.165, 1.54) is 11.8 Å². The van der Waals surface area contributed by atoms with E-state index in [2.05, 4.69) is 10.2 Å². The maximum absolute atomic E-state index is 13.1. The minimum atomic E-state index is -0.0983. The van der Waals surface area contributed by atoms with Crippen LogP contribution in [0, 0.1) is 0 Å². The Morgan fingerprint density at radius 1 is 1.24 bits per heavy atom. The fraction of sp³-hybridized carbons (Fsp3) is 0.684. The molecule has 2 aliphatic rings. The van der Waals surface area contributed by atoms with Gasteiger partial charge in [0, 0.05) is 45.4 Å². The second-order valence-electron chi connectivity index (χ2n) is 7.77. The topological polar surface area (TPSA) is 96.4 Å². The molecule has 1 atom stereocenters. The van der Waals surface area contributed by atoms with Crippen molar-refractivity contribution in [3.05, 3.63) is 28.1 Å². The molecule has 2 aromatic rings. The van der Waals surface area contributed by atoms with E-state index in [1.807, 2.05) is 9.47 Å². The molecule has 1 aliphatic heterocycles. The third-order valence-electron chi connectivity index (χ3n) is 5.61. The van der Waals surface area contributed by atoms with Gasteiger partial charge in [-0.3, -0.25) is 14.0 Å². The highest BCUT2D eigenvalue weighted by Gasteiger charge is 2.36. The Hall–Kier alpha value is -2.62. The van der Waals surface area contributed by atoms with E-state index >= 15 is 0 Å². The smallest absolute Gasteiger partial charge is 0.346 e. The second kappa shape index (κ2) is 8.02. The van der Waals surface area contributed by atoms with Crippen molar-refractivity contribution in [3.8, 4) is 5.88 Å². The van der Waals surface area contributed by atoms with Gasteiger partial charge in [0.05, 0.1) is 20.3 Å². The second-order valence-corrected chi connectivity index (χ2v) is 7.77. The Kier molecular flexibility index (Phi) is 5.44. The van der Waals surface area contributed by atoms with Gasteiger partial charge in [0.25, 0.3) is 5.91 Å². The van der Waals surface area contributed by atoms with Crippen LogP contribution in [-0.2, 0) is 18.3 Å². The van der Waals surface area contributed by atoms with E-state index in [1.54, 1.807) is 25.0 Å². The molecule has 1 unspecified atom stereocenters. The molecule has 3 heterocycles. The highest BCUT2D eigenvalue weighted by Crippen LogP contribution is 2.37. The van der Waals surface area contributed by atoms with Crippen LogP contribution in [0.25, 0.3) is 0 Å². The molecule has 0 bridgehead atoms. The third kappa shape index (κ3) is 3.81. The fourth-order valence-corrected chi connectivity index (χ4v) is 4.02. The molecule has 29 heavy (non-hydrogen) atoms. The van der Waals surface area contributed by atoms with Crippen LogP contribution in [0.5, 0.6) is 5.88 Å². The average molecular weight is 404 g/mol. The Bertz CT molecular complexity index is 941. The molecule has 2 aromatic heterocycles. The number of likely N-dealkylation sites (tertiary alicyclic amines) is 1. The molecule has 4 rings (SSSR count). The van der Waals surface area contributed by atoms with Crippen LogP contribution in [-0.4, -0.2) is 68.9 Å². The summed E-state index contributed by atoms with van der Waals surface area (Å²) in [6, 6.07) is 0.235. The number of ether oxygens (including phenoxy) is 2. The molecular weight excluding hydrogens is 376 g/mol. The van der Waals surface area contributed by atoms with Crippen molar-refractivity contribution >= 4 is 5.91 Å². The molecule has 0 N–H and O–H groups in total. The standard InChI is InChI=1S/C19H28N6O4/c1-22-12-15(17(21-22)29-3)18(26)23-8-4-5-13(11-23)16-20-24(9-10-28-2)19(27)25(16)14-6-7-14/h12-14H,4-11H2,1-3H3.